The Kier molecular flexibility index (Phi) is 3.32. The Morgan fingerprint density at radius 3 is 2.50 bits per heavy atom. The van der Waals surface area contributed by atoms with Gasteiger partial charge < -0.3 is 9.64 Å². The monoisotopic (exact) mass is 245 g/mol. The predicted octanol–water partition coefficient (Wildman–Crippen LogP) is 2.00. The normalized spacial score (nSPS) is 10.2. The molecule has 0 aliphatic rings. The molecular weight excluding hydrogens is 230 g/mol. The summed E-state index contributed by atoms with van der Waals surface area (Å²) in [6.45, 7) is 1.86. The second-order valence-electron chi connectivity index (χ2n) is 4.00. The quantitative estimate of drug-likeness (QED) is 0.899. The molecule has 0 radical (unpaired) electrons. The van der Waals surface area contributed by atoms with Gasteiger partial charge in [-0.3, -0.25) is 9.89 Å². The highest BCUT2D eigenvalue weighted by Gasteiger charge is 2.15. The zero-order chi connectivity index (χ0) is 13.1. The number of hydrogen-bond donors (Lipinski definition) is 1. The lowest BCUT2D eigenvalue weighted by Gasteiger charge is -2.16. The topological polar surface area (TPSA) is 58.2 Å². The van der Waals surface area contributed by atoms with E-state index in [0.29, 0.717) is 5.69 Å². The second-order valence-corrected chi connectivity index (χ2v) is 4.00. The van der Waals surface area contributed by atoms with Crippen molar-refractivity contribution in [3.63, 3.8) is 0 Å². The third-order valence-electron chi connectivity index (χ3n) is 2.69. The summed E-state index contributed by atoms with van der Waals surface area (Å²) in [4.78, 5) is 13.7. The molecule has 0 bridgehead atoms. The van der Waals surface area contributed by atoms with Gasteiger partial charge in [0.25, 0.3) is 5.91 Å². The first-order valence-electron chi connectivity index (χ1n) is 5.56. The summed E-state index contributed by atoms with van der Waals surface area (Å²) in [6.07, 6.45) is 0. The highest BCUT2D eigenvalue weighted by Crippen LogP contribution is 2.19. The number of benzene rings is 1. The van der Waals surface area contributed by atoms with Crippen LogP contribution in [0, 0.1) is 6.92 Å². The lowest BCUT2D eigenvalue weighted by atomic mass is 10.2. The fraction of sp³-hybridized carbons (Fsp3) is 0.231. The zero-order valence-corrected chi connectivity index (χ0v) is 10.6. The van der Waals surface area contributed by atoms with Crippen LogP contribution in [0.1, 0.15) is 16.2 Å². The molecule has 1 aromatic carbocycles. The molecule has 1 aromatic heterocycles. The Hall–Kier alpha value is -2.30. The van der Waals surface area contributed by atoms with E-state index in [0.717, 1.165) is 17.1 Å². The Balaban J connectivity index is 2.19. The number of anilines is 1. The predicted molar refractivity (Wildman–Crippen MR) is 69.1 cm³/mol. The Labute approximate surface area is 105 Å². The van der Waals surface area contributed by atoms with E-state index in [1.807, 2.05) is 31.2 Å². The van der Waals surface area contributed by atoms with Gasteiger partial charge in [0, 0.05) is 18.4 Å². The van der Waals surface area contributed by atoms with Crippen LogP contribution in [0.5, 0.6) is 5.75 Å². The van der Waals surface area contributed by atoms with Gasteiger partial charge in [-0.05, 0) is 37.3 Å². The van der Waals surface area contributed by atoms with Gasteiger partial charge in [0.15, 0.2) is 5.69 Å². The smallest absolute Gasteiger partial charge is 0.278 e. The third kappa shape index (κ3) is 2.34. The first kappa shape index (κ1) is 12.2. The molecule has 5 nitrogen and oxygen atoms in total. The second kappa shape index (κ2) is 4.91. The molecule has 0 saturated carbocycles. The van der Waals surface area contributed by atoms with E-state index in [4.69, 9.17) is 4.74 Å². The highest BCUT2D eigenvalue weighted by molar-refractivity contribution is 6.04. The largest absolute Gasteiger partial charge is 0.497 e. The molecule has 2 rings (SSSR count). The molecule has 0 aliphatic carbocycles. The number of hydrogen-bond acceptors (Lipinski definition) is 3. The molecule has 0 unspecified atom stereocenters. The SMILES string of the molecule is COc1ccc(N(C)C(=O)c2cc(C)[nH]n2)cc1. The number of methoxy groups -OCH3 is 1. The first-order valence-corrected chi connectivity index (χ1v) is 5.56. The molecule has 94 valence electrons. The summed E-state index contributed by atoms with van der Waals surface area (Å²) in [5.74, 6) is 0.611. The van der Waals surface area contributed by atoms with Crippen molar-refractivity contribution in [1.82, 2.24) is 10.2 Å². The van der Waals surface area contributed by atoms with Crippen molar-refractivity contribution in [3.8, 4) is 5.75 Å². The zero-order valence-electron chi connectivity index (χ0n) is 10.6. The number of carbonyl (C=O) groups excluding carboxylic acids is 1. The van der Waals surface area contributed by atoms with Crippen LogP contribution in [-0.4, -0.2) is 30.3 Å². The summed E-state index contributed by atoms with van der Waals surface area (Å²) in [5.41, 5.74) is 2.06. The summed E-state index contributed by atoms with van der Waals surface area (Å²) in [7, 11) is 3.32. The van der Waals surface area contributed by atoms with E-state index in [-0.39, 0.29) is 5.91 Å². The lowest BCUT2D eigenvalue weighted by Crippen LogP contribution is -2.26. The van der Waals surface area contributed by atoms with Crippen molar-refractivity contribution in [2.75, 3.05) is 19.1 Å². The summed E-state index contributed by atoms with van der Waals surface area (Å²) >= 11 is 0. The number of aromatic amines is 1. The number of aryl methyl sites for hydroxylation is 1. The summed E-state index contributed by atoms with van der Waals surface area (Å²) in [5, 5.41) is 6.71. The fourth-order valence-corrected chi connectivity index (χ4v) is 1.62. The summed E-state index contributed by atoms with van der Waals surface area (Å²) < 4.78 is 5.08. The standard InChI is InChI=1S/C13H15N3O2/c1-9-8-12(15-14-9)13(17)16(2)10-4-6-11(18-3)7-5-10/h4-8H,1-3H3,(H,14,15). The van der Waals surface area contributed by atoms with Crippen LogP contribution in [0.4, 0.5) is 5.69 Å². The van der Waals surface area contributed by atoms with Crippen molar-refractivity contribution in [2.24, 2.45) is 0 Å². The van der Waals surface area contributed by atoms with Gasteiger partial charge in [-0.1, -0.05) is 0 Å². The number of ether oxygens (including phenoxy) is 1. The number of H-pyrrole nitrogens is 1. The van der Waals surface area contributed by atoms with E-state index in [9.17, 15) is 4.79 Å². The maximum Gasteiger partial charge on any atom is 0.278 e. The van der Waals surface area contributed by atoms with Crippen LogP contribution in [-0.2, 0) is 0 Å². The molecule has 2 aromatic rings. The van der Waals surface area contributed by atoms with E-state index < -0.39 is 0 Å². The maximum atomic E-state index is 12.1. The summed E-state index contributed by atoms with van der Waals surface area (Å²) in [6, 6.07) is 9.01. The van der Waals surface area contributed by atoms with Gasteiger partial charge >= 0.3 is 0 Å². The fourth-order valence-electron chi connectivity index (χ4n) is 1.62. The molecule has 0 aliphatic heterocycles. The van der Waals surface area contributed by atoms with Crippen molar-refractivity contribution >= 4 is 11.6 Å². The van der Waals surface area contributed by atoms with E-state index in [2.05, 4.69) is 10.2 Å². The van der Waals surface area contributed by atoms with Crippen LogP contribution in [0.2, 0.25) is 0 Å². The van der Waals surface area contributed by atoms with Crippen molar-refractivity contribution in [3.05, 3.63) is 41.7 Å². The van der Waals surface area contributed by atoms with E-state index in [1.165, 1.54) is 0 Å². The Bertz CT molecular complexity index is 546. The van der Waals surface area contributed by atoms with Gasteiger partial charge in [-0.2, -0.15) is 5.10 Å². The van der Waals surface area contributed by atoms with Crippen molar-refractivity contribution in [2.45, 2.75) is 6.92 Å². The van der Waals surface area contributed by atoms with Crippen LogP contribution in [0.15, 0.2) is 30.3 Å². The molecule has 1 heterocycles. The van der Waals surface area contributed by atoms with E-state index in [1.54, 1.807) is 25.1 Å². The molecule has 5 heteroatoms. The molecule has 18 heavy (non-hydrogen) atoms. The molecule has 1 N–H and O–H groups in total. The van der Waals surface area contributed by atoms with Crippen molar-refractivity contribution in [1.29, 1.82) is 0 Å². The number of nitrogens with one attached hydrogen (secondary N) is 1. The number of carbonyl (C=O) groups is 1. The van der Waals surface area contributed by atoms with Crippen LogP contribution < -0.4 is 9.64 Å². The van der Waals surface area contributed by atoms with Crippen LogP contribution in [0.25, 0.3) is 0 Å². The minimum atomic E-state index is -0.149. The minimum absolute atomic E-state index is 0.149. The van der Waals surface area contributed by atoms with Crippen molar-refractivity contribution < 1.29 is 9.53 Å². The number of rotatable bonds is 3. The highest BCUT2D eigenvalue weighted by atomic mass is 16.5. The Morgan fingerprint density at radius 2 is 2.00 bits per heavy atom. The average molecular weight is 245 g/mol. The molecule has 0 atom stereocenters. The third-order valence-corrected chi connectivity index (χ3v) is 2.69. The molecule has 0 spiro atoms. The Morgan fingerprint density at radius 1 is 1.33 bits per heavy atom. The average Bonchev–Trinajstić information content (AvgIpc) is 2.84. The molecule has 0 fully saturated rings. The first-order chi connectivity index (χ1) is 8.61. The minimum Gasteiger partial charge on any atom is -0.497 e. The van der Waals surface area contributed by atoms with Gasteiger partial charge in [-0.15, -0.1) is 0 Å². The van der Waals surface area contributed by atoms with Gasteiger partial charge in [0.05, 0.1) is 7.11 Å². The molecule has 0 saturated heterocycles. The molecular formula is C13H15N3O2. The number of aromatic nitrogens is 2. The number of amides is 1. The number of nitrogens with zero attached hydrogens (tertiary/aromatic N) is 2. The van der Waals surface area contributed by atoms with Gasteiger partial charge in [-0.25, -0.2) is 0 Å². The van der Waals surface area contributed by atoms with Crippen LogP contribution >= 0.6 is 0 Å². The lowest BCUT2D eigenvalue weighted by molar-refractivity contribution is 0.0988. The van der Waals surface area contributed by atoms with Gasteiger partial charge in [0.1, 0.15) is 5.75 Å². The van der Waals surface area contributed by atoms with Crippen LogP contribution in [0.3, 0.4) is 0 Å². The van der Waals surface area contributed by atoms with Gasteiger partial charge in [0.2, 0.25) is 0 Å². The van der Waals surface area contributed by atoms with E-state index >= 15 is 0 Å². The molecule has 1 amide bonds. The maximum absolute atomic E-state index is 12.1.